The van der Waals surface area contributed by atoms with E-state index in [1.165, 1.54) is 5.32 Å². The SMILES string of the molecule is CCC[C@H](NC(=O)OC(C)(C)C)C(O)C(F)(F)C(=O)NCC(=O)O. The van der Waals surface area contributed by atoms with Gasteiger partial charge in [0.2, 0.25) is 0 Å². The van der Waals surface area contributed by atoms with E-state index in [4.69, 9.17) is 9.84 Å². The van der Waals surface area contributed by atoms with Crippen LogP contribution in [-0.4, -0.2) is 58.4 Å². The Kier molecular flexibility index (Phi) is 8.04. The smallest absolute Gasteiger partial charge is 0.407 e. The van der Waals surface area contributed by atoms with Crippen LogP contribution in [0.25, 0.3) is 0 Å². The summed E-state index contributed by atoms with van der Waals surface area (Å²) >= 11 is 0. The quantitative estimate of drug-likeness (QED) is 0.513. The molecule has 0 heterocycles. The van der Waals surface area contributed by atoms with E-state index in [1.54, 1.807) is 27.7 Å². The third-order valence-electron chi connectivity index (χ3n) is 2.76. The summed E-state index contributed by atoms with van der Waals surface area (Å²) in [5.74, 6) is -7.74. The molecule has 0 spiro atoms. The molecule has 4 N–H and O–H groups in total. The van der Waals surface area contributed by atoms with E-state index >= 15 is 0 Å². The number of aliphatic hydroxyl groups excluding tert-OH is 1. The molecule has 2 atom stereocenters. The molecule has 0 rings (SSSR count). The van der Waals surface area contributed by atoms with Crippen molar-refractivity contribution in [2.24, 2.45) is 0 Å². The van der Waals surface area contributed by atoms with Crippen molar-refractivity contribution >= 4 is 18.0 Å². The average Bonchev–Trinajstić information content (AvgIpc) is 2.41. The van der Waals surface area contributed by atoms with Gasteiger partial charge in [-0.05, 0) is 27.2 Å². The van der Waals surface area contributed by atoms with Gasteiger partial charge in [-0.2, -0.15) is 8.78 Å². The number of alkyl carbamates (subject to hydrolysis) is 1. The standard InChI is InChI=1S/C14H24F2N2O6/c1-5-6-8(18-12(23)24-13(2,3)4)10(21)14(15,16)11(22)17-7-9(19)20/h8,10,21H,5-7H2,1-4H3,(H,17,22)(H,18,23)(H,19,20)/t8-,10?/m0/s1. The molecule has 24 heavy (non-hydrogen) atoms. The van der Waals surface area contributed by atoms with Gasteiger partial charge in [-0.3, -0.25) is 9.59 Å². The lowest BCUT2D eigenvalue weighted by molar-refractivity contribution is -0.168. The summed E-state index contributed by atoms with van der Waals surface area (Å²) in [6.45, 7) is 5.35. The summed E-state index contributed by atoms with van der Waals surface area (Å²) in [6.07, 6.45) is -3.26. The van der Waals surface area contributed by atoms with E-state index in [0.29, 0.717) is 6.42 Å². The van der Waals surface area contributed by atoms with Crippen LogP contribution in [-0.2, 0) is 14.3 Å². The number of carboxylic acid groups (broad SMARTS) is 1. The molecule has 0 radical (unpaired) electrons. The van der Waals surface area contributed by atoms with Crippen molar-refractivity contribution in [2.75, 3.05) is 6.54 Å². The Bertz CT molecular complexity index is 465. The maximum atomic E-state index is 14.0. The summed E-state index contributed by atoms with van der Waals surface area (Å²) in [7, 11) is 0. The van der Waals surface area contributed by atoms with Gasteiger partial charge in [0.25, 0.3) is 5.91 Å². The van der Waals surface area contributed by atoms with E-state index in [9.17, 15) is 28.3 Å². The zero-order valence-electron chi connectivity index (χ0n) is 14.1. The van der Waals surface area contributed by atoms with Crippen molar-refractivity contribution in [3.63, 3.8) is 0 Å². The number of carbonyl (C=O) groups is 3. The monoisotopic (exact) mass is 354 g/mol. The lowest BCUT2D eigenvalue weighted by Crippen LogP contribution is -2.58. The molecule has 0 aliphatic rings. The van der Waals surface area contributed by atoms with Crippen LogP contribution < -0.4 is 10.6 Å². The van der Waals surface area contributed by atoms with Gasteiger partial charge in [0.1, 0.15) is 18.2 Å². The van der Waals surface area contributed by atoms with Crippen LogP contribution in [0, 0.1) is 0 Å². The predicted molar refractivity (Wildman–Crippen MR) is 79.7 cm³/mol. The first-order valence-electron chi connectivity index (χ1n) is 7.36. The molecular formula is C14H24F2N2O6. The Labute approximate surface area is 138 Å². The van der Waals surface area contributed by atoms with Crippen molar-refractivity contribution in [1.29, 1.82) is 0 Å². The van der Waals surface area contributed by atoms with E-state index in [1.807, 2.05) is 0 Å². The van der Waals surface area contributed by atoms with Gasteiger partial charge in [-0.1, -0.05) is 13.3 Å². The van der Waals surface area contributed by atoms with Crippen LogP contribution in [0.4, 0.5) is 13.6 Å². The second-order valence-electron chi connectivity index (χ2n) is 6.19. The number of aliphatic hydroxyl groups is 1. The first-order chi connectivity index (χ1) is 10.8. The van der Waals surface area contributed by atoms with Crippen LogP contribution in [0.1, 0.15) is 40.5 Å². The van der Waals surface area contributed by atoms with Crippen LogP contribution >= 0.6 is 0 Å². The summed E-state index contributed by atoms with van der Waals surface area (Å²) in [5, 5.41) is 21.8. The molecular weight excluding hydrogens is 330 g/mol. The maximum Gasteiger partial charge on any atom is 0.407 e. The average molecular weight is 354 g/mol. The fourth-order valence-corrected chi connectivity index (χ4v) is 1.74. The number of rotatable bonds is 8. The van der Waals surface area contributed by atoms with Crippen LogP contribution in [0.2, 0.25) is 0 Å². The number of carboxylic acids is 1. The zero-order chi connectivity index (χ0) is 19.1. The van der Waals surface area contributed by atoms with E-state index in [2.05, 4.69) is 5.32 Å². The first-order valence-corrected chi connectivity index (χ1v) is 7.36. The molecule has 0 saturated heterocycles. The molecule has 0 aromatic rings. The Morgan fingerprint density at radius 1 is 1.21 bits per heavy atom. The second kappa shape index (κ2) is 8.76. The molecule has 0 aromatic heterocycles. The number of amides is 2. The highest BCUT2D eigenvalue weighted by molar-refractivity contribution is 5.87. The minimum atomic E-state index is -4.29. The second-order valence-corrected chi connectivity index (χ2v) is 6.19. The van der Waals surface area contributed by atoms with Crippen molar-refractivity contribution < 1.29 is 38.1 Å². The summed E-state index contributed by atoms with van der Waals surface area (Å²) in [5.41, 5.74) is -0.868. The van der Waals surface area contributed by atoms with Gasteiger partial charge in [-0.25, -0.2) is 4.79 Å². The van der Waals surface area contributed by atoms with Crippen molar-refractivity contribution in [3.05, 3.63) is 0 Å². The highest BCUT2D eigenvalue weighted by Gasteiger charge is 2.50. The zero-order valence-corrected chi connectivity index (χ0v) is 14.1. The van der Waals surface area contributed by atoms with Gasteiger partial charge < -0.3 is 25.6 Å². The maximum absolute atomic E-state index is 14.0. The van der Waals surface area contributed by atoms with Crippen LogP contribution in [0.5, 0.6) is 0 Å². The van der Waals surface area contributed by atoms with E-state index in [-0.39, 0.29) is 6.42 Å². The minimum absolute atomic E-state index is 0.0395. The highest BCUT2D eigenvalue weighted by Crippen LogP contribution is 2.24. The molecule has 0 aromatic carbocycles. The highest BCUT2D eigenvalue weighted by atomic mass is 19.3. The number of aliphatic carboxylic acids is 1. The number of nitrogens with one attached hydrogen (secondary N) is 2. The van der Waals surface area contributed by atoms with E-state index < -0.39 is 48.2 Å². The molecule has 0 saturated carbocycles. The summed E-state index contributed by atoms with van der Waals surface area (Å²) < 4.78 is 32.9. The van der Waals surface area contributed by atoms with Gasteiger partial charge in [0, 0.05) is 0 Å². The van der Waals surface area contributed by atoms with Crippen LogP contribution in [0.3, 0.4) is 0 Å². The predicted octanol–water partition coefficient (Wildman–Crippen LogP) is 0.877. The number of hydrogen-bond donors (Lipinski definition) is 4. The normalized spacial score (nSPS) is 14.5. The Morgan fingerprint density at radius 2 is 1.75 bits per heavy atom. The number of ether oxygens (including phenoxy) is 1. The van der Waals surface area contributed by atoms with E-state index in [0.717, 1.165) is 0 Å². The number of alkyl halides is 2. The van der Waals surface area contributed by atoms with Crippen molar-refractivity contribution in [3.8, 4) is 0 Å². The molecule has 1 unspecified atom stereocenters. The summed E-state index contributed by atoms with van der Waals surface area (Å²) in [6, 6.07) is -1.45. The fourth-order valence-electron chi connectivity index (χ4n) is 1.74. The molecule has 8 nitrogen and oxygen atoms in total. The molecule has 0 aliphatic carbocycles. The van der Waals surface area contributed by atoms with Crippen LogP contribution in [0.15, 0.2) is 0 Å². The molecule has 10 heteroatoms. The Balaban J connectivity index is 5.04. The van der Waals surface area contributed by atoms with Crippen molar-refractivity contribution in [1.82, 2.24) is 10.6 Å². The molecule has 2 amide bonds. The van der Waals surface area contributed by atoms with Gasteiger partial charge in [0.15, 0.2) is 0 Å². The third-order valence-corrected chi connectivity index (χ3v) is 2.76. The fraction of sp³-hybridized carbons (Fsp3) is 0.786. The van der Waals surface area contributed by atoms with Gasteiger partial charge in [-0.15, -0.1) is 0 Å². The third kappa shape index (κ3) is 7.53. The summed E-state index contributed by atoms with van der Waals surface area (Å²) in [4.78, 5) is 33.4. The molecule has 0 bridgehead atoms. The molecule has 0 aliphatic heterocycles. The van der Waals surface area contributed by atoms with Crippen molar-refractivity contribution in [2.45, 2.75) is 64.2 Å². The number of hydrogen-bond acceptors (Lipinski definition) is 5. The Hall–Kier alpha value is -1.97. The number of carbonyl (C=O) groups excluding carboxylic acids is 2. The largest absolute Gasteiger partial charge is 0.480 e. The first kappa shape index (κ1) is 22.0. The topological polar surface area (TPSA) is 125 Å². The molecule has 140 valence electrons. The molecule has 0 fully saturated rings. The van der Waals surface area contributed by atoms with Gasteiger partial charge >= 0.3 is 18.0 Å². The minimum Gasteiger partial charge on any atom is -0.480 e. The lowest BCUT2D eigenvalue weighted by Gasteiger charge is -2.30. The Morgan fingerprint density at radius 3 is 2.17 bits per heavy atom. The van der Waals surface area contributed by atoms with Gasteiger partial charge in [0.05, 0.1) is 6.04 Å². The number of halogens is 2. The lowest BCUT2D eigenvalue weighted by atomic mass is 9.99.